The summed E-state index contributed by atoms with van der Waals surface area (Å²) in [5.41, 5.74) is 8.33. The first-order valence-corrected chi connectivity index (χ1v) is 8.21. The minimum Gasteiger partial charge on any atom is -0.328 e. The van der Waals surface area contributed by atoms with Gasteiger partial charge in [-0.25, -0.2) is 4.98 Å². The van der Waals surface area contributed by atoms with Crippen LogP contribution in [0.4, 0.5) is 0 Å². The van der Waals surface area contributed by atoms with Gasteiger partial charge < -0.3 is 15.6 Å². The maximum absolute atomic E-state index is 5.97. The quantitative estimate of drug-likeness (QED) is 0.888. The van der Waals surface area contributed by atoms with Gasteiger partial charge in [0.15, 0.2) is 0 Å². The van der Waals surface area contributed by atoms with E-state index < -0.39 is 0 Å². The molecule has 4 heteroatoms. The third kappa shape index (κ3) is 3.27. The SMILES string of the molecule is CCCn1c(CNC2CCC(N)CC2)nc2ccccc21. The first kappa shape index (κ1) is 14.5. The van der Waals surface area contributed by atoms with Crippen molar-refractivity contribution in [2.24, 2.45) is 5.73 Å². The number of aromatic nitrogens is 2. The molecule has 1 aliphatic carbocycles. The molecule has 21 heavy (non-hydrogen) atoms. The highest BCUT2D eigenvalue weighted by molar-refractivity contribution is 5.75. The Morgan fingerprint density at radius 3 is 2.76 bits per heavy atom. The van der Waals surface area contributed by atoms with Crippen LogP contribution in [0.25, 0.3) is 11.0 Å². The predicted molar refractivity (Wildman–Crippen MR) is 87.1 cm³/mol. The Morgan fingerprint density at radius 1 is 1.24 bits per heavy atom. The van der Waals surface area contributed by atoms with E-state index in [1.54, 1.807) is 0 Å². The van der Waals surface area contributed by atoms with Gasteiger partial charge in [-0.1, -0.05) is 19.1 Å². The summed E-state index contributed by atoms with van der Waals surface area (Å²) < 4.78 is 2.36. The number of aryl methyl sites for hydroxylation is 1. The zero-order chi connectivity index (χ0) is 14.7. The molecular formula is C17H26N4. The summed E-state index contributed by atoms with van der Waals surface area (Å²) in [5.74, 6) is 1.16. The summed E-state index contributed by atoms with van der Waals surface area (Å²) in [6.45, 7) is 4.11. The first-order chi connectivity index (χ1) is 10.3. The Labute approximate surface area is 126 Å². The number of nitrogens with one attached hydrogen (secondary N) is 1. The number of hydrogen-bond acceptors (Lipinski definition) is 3. The van der Waals surface area contributed by atoms with Gasteiger partial charge in [0.05, 0.1) is 17.6 Å². The molecule has 0 spiro atoms. The highest BCUT2D eigenvalue weighted by Crippen LogP contribution is 2.19. The molecule has 1 aromatic carbocycles. The van der Waals surface area contributed by atoms with Crippen molar-refractivity contribution >= 4 is 11.0 Å². The van der Waals surface area contributed by atoms with E-state index in [0.29, 0.717) is 12.1 Å². The second-order valence-electron chi connectivity index (χ2n) is 6.16. The Balaban J connectivity index is 1.72. The van der Waals surface area contributed by atoms with E-state index in [1.165, 1.54) is 18.4 Å². The van der Waals surface area contributed by atoms with Crippen molar-refractivity contribution in [1.82, 2.24) is 14.9 Å². The van der Waals surface area contributed by atoms with Gasteiger partial charge in [-0.15, -0.1) is 0 Å². The molecule has 0 amide bonds. The number of rotatable bonds is 5. The number of hydrogen-bond donors (Lipinski definition) is 2. The van der Waals surface area contributed by atoms with Gasteiger partial charge in [0.2, 0.25) is 0 Å². The lowest BCUT2D eigenvalue weighted by atomic mass is 9.92. The van der Waals surface area contributed by atoms with Crippen LogP contribution >= 0.6 is 0 Å². The summed E-state index contributed by atoms with van der Waals surface area (Å²) >= 11 is 0. The number of para-hydroxylation sites is 2. The molecule has 3 rings (SSSR count). The number of fused-ring (bicyclic) bond motifs is 1. The molecule has 114 valence electrons. The van der Waals surface area contributed by atoms with Crippen LogP contribution in [0.1, 0.15) is 44.9 Å². The Kier molecular flexibility index (Phi) is 4.56. The monoisotopic (exact) mass is 286 g/mol. The van der Waals surface area contributed by atoms with E-state index in [2.05, 4.69) is 41.1 Å². The number of nitrogens with two attached hydrogens (primary N) is 1. The van der Waals surface area contributed by atoms with Crippen LogP contribution in [-0.4, -0.2) is 21.6 Å². The van der Waals surface area contributed by atoms with E-state index in [-0.39, 0.29) is 0 Å². The van der Waals surface area contributed by atoms with Crippen LogP contribution in [0.5, 0.6) is 0 Å². The summed E-state index contributed by atoms with van der Waals surface area (Å²) in [6.07, 6.45) is 5.79. The average Bonchev–Trinajstić information content (AvgIpc) is 2.85. The highest BCUT2D eigenvalue weighted by atomic mass is 15.1. The largest absolute Gasteiger partial charge is 0.328 e. The van der Waals surface area contributed by atoms with Crippen LogP contribution in [-0.2, 0) is 13.1 Å². The molecule has 0 saturated heterocycles. The molecule has 0 unspecified atom stereocenters. The minimum absolute atomic E-state index is 0.410. The van der Waals surface area contributed by atoms with Gasteiger partial charge in [-0.2, -0.15) is 0 Å². The zero-order valence-electron chi connectivity index (χ0n) is 12.9. The number of benzene rings is 1. The minimum atomic E-state index is 0.410. The van der Waals surface area contributed by atoms with Crippen molar-refractivity contribution in [3.05, 3.63) is 30.1 Å². The molecule has 1 saturated carbocycles. The summed E-state index contributed by atoms with van der Waals surface area (Å²) in [5, 5.41) is 3.68. The normalized spacial score (nSPS) is 22.8. The smallest absolute Gasteiger partial charge is 0.123 e. The van der Waals surface area contributed by atoms with Crippen LogP contribution in [0, 0.1) is 0 Å². The van der Waals surface area contributed by atoms with E-state index in [0.717, 1.165) is 43.7 Å². The molecule has 0 aliphatic heterocycles. The molecule has 1 fully saturated rings. The molecular weight excluding hydrogens is 260 g/mol. The van der Waals surface area contributed by atoms with Crippen molar-refractivity contribution in [1.29, 1.82) is 0 Å². The van der Waals surface area contributed by atoms with E-state index in [1.807, 2.05) is 0 Å². The maximum atomic E-state index is 5.97. The van der Waals surface area contributed by atoms with Crippen molar-refractivity contribution in [3.63, 3.8) is 0 Å². The van der Waals surface area contributed by atoms with Gasteiger partial charge >= 0.3 is 0 Å². The van der Waals surface area contributed by atoms with Gasteiger partial charge in [-0.05, 0) is 44.2 Å². The molecule has 0 atom stereocenters. The molecule has 3 N–H and O–H groups in total. The lowest BCUT2D eigenvalue weighted by Crippen LogP contribution is -2.37. The second kappa shape index (κ2) is 6.58. The third-order valence-corrected chi connectivity index (χ3v) is 4.50. The van der Waals surface area contributed by atoms with Crippen molar-refractivity contribution in [2.45, 2.75) is 64.2 Å². The van der Waals surface area contributed by atoms with Crippen LogP contribution in [0.2, 0.25) is 0 Å². The van der Waals surface area contributed by atoms with E-state index in [4.69, 9.17) is 10.7 Å². The highest BCUT2D eigenvalue weighted by Gasteiger charge is 2.19. The Bertz CT molecular complexity index is 581. The molecule has 1 heterocycles. The number of nitrogens with zero attached hydrogens (tertiary/aromatic N) is 2. The standard InChI is InChI=1S/C17H26N4/c1-2-11-21-16-6-4-3-5-15(16)20-17(21)12-19-14-9-7-13(18)8-10-14/h3-6,13-14,19H,2,7-12,18H2,1H3. The zero-order valence-corrected chi connectivity index (χ0v) is 12.9. The molecule has 0 bridgehead atoms. The fraction of sp³-hybridized carbons (Fsp3) is 0.588. The average molecular weight is 286 g/mol. The lowest BCUT2D eigenvalue weighted by molar-refractivity contribution is 0.338. The van der Waals surface area contributed by atoms with Gasteiger partial charge in [0, 0.05) is 18.6 Å². The summed E-state index contributed by atoms with van der Waals surface area (Å²) in [4.78, 5) is 4.81. The Hall–Kier alpha value is -1.39. The van der Waals surface area contributed by atoms with Crippen molar-refractivity contribution in [2.75, 3.05) is 0 Å². The predicted octanol–water partition coefficient (Wildman–Crippen LogP) is 2.81. The fourth-order valence-corrected chi connectivity index (χ4v) is 3.29. The number of imidazole rings is 1. The van der Waals surface area contributed by atoms with Gasteiger partial charge in [0.25, 0.3) is 0 Å². The first-order valence-electron chi connectivity index (χ1n) is 8.21. The molecule has 1 aromatic heterocycles. The van der Waals surface area contributed by atoms with E-state index in [9.17, 15) is 0 Å². The third-order valence-electron chi connectivity index (χ3n) is 4.50. The second-order valence-corrected chi connectivity index (χ2v) is 6.16. The topological polar surface area (TPSA) is 55.9 Å². The van der Waals surface area contributed by atoms with Gasteiger partial charge in [-0.3, -0.25) is 0 Å². The molecule has 1 aliphatic rings. The summed E-state index contributed by atoms with van der Waals surface area (Å²) in [7, 11) is 0. The van der Waals surface area contributed by atoms with Crippen LogP contribution in [0.15, 0.2) is 24.3 Å². The maximum Gasteiger partial charge on any atom is 0.123 e. The van der Waals surface area contributed by atoms with E-state index >= 15 is 0 Å². The molecule has 4 nitrogen and oxygen atoms in total. The van der Waals surface area contributed by atoms with Crippen LogP contribution in [0.3, 0.4) is 0 Å². The van der Waals surface area contributed by atoms with Crippen molar-refractivity contribution in [3.8, 4) is 0 Å². The van der Waals surface area contributed by atoms with Crippen LogP contribution < -0.4 is 11.1 Å². The van der Waals surface area contributed by atoms with Gasteiger partial charge in [0.1, 0.15) is 5.82 Å². The molecule has 2 aromatic rings. The van der Waals surface area contributed by atoms with Crippen molar-refractivity contribution < 1.29 is 0 Å². The summed E-state index contributed by atoms with van der Waals surface area (Å²) in [6, 6.07) is 9.43. The Morgan fingerprint density at radius 2 is 2.00 bits per heavy atom. The lowest BCUT2D eigenvalue weighted by Gasteiger charge is -2.26. The molecule has 0 radical (unpaired) electrons. The fourth-order valence-electron chi connectivity index (χ4n) is 3.29.